The number of hydrogen-bond acceptors (Lipinski definition) is 3. The molecule has 2 heterocycles. The van der Waals surface area contributed by atoms with Crippen molar-refractivity contribution in [2.24, 2.45) is 14.1 Å². The zero-order valence-electron chi connectivity index (χ0n) is 10.8. The molecule has 0 aromatic carbocycles. The Morgan fingerprint density at radius 3 is 2.59 bits per heavy atom. The molecule has 17 heavy (non-hydrogen) atoms. The summed E-state index contributed by atoms with van der Waals surface area (Å²) in [5, 5.41) is 12.2. The van der Waals surface area contributed by atoms with E-state index in [1.807, 2.05) is 48.8 Å². The van der Waals surface area contributed by atoms with Crippen molar-refractivity contribution in [3.8, 4) is 0 Å². The molecule has 0 saturated carbocycles. The van der Waals surface area contributed by atoms with Crippen molar-refractivity contribution in [3.63, 3.8) is 0 Å². The standard InChI is InChI=1S/C12H19N5/c1-9-11(8-17(4)14-9)7-13-10(2)12-5-6-16(3)15-12/h5-6,8,10,13H,7H2,1-4H3. The highest BCUT2D eigenvalue weighted by Crippen LogP contribution is 2.11. The van der Waals surface area contributed by atoms with E-state index in [0.717, 1.165) is 17.9 Å². The van der Waals surface area contributed by atoms with E-state index in [2.05, 4.69) is 22.4 Å². The van der Waals surface area contributed by atoms with E-state index in [0.29, 0.717) is 0 Å². The first-order valence-electron chi connectivity index (χ1n) is 5.78. The van der Waals surface area contributed by atoms with Gasteiger partial charge in [0, 0.05) is 44.6 Å². The van der Waals surface area contributed by atoms with Crippen LogP contribution >= 0.6 is 0 Å². The van der Waals surface area contributed by atoms with Gasteiger partial charge in [-0.3, -0.25) is 9.36 Å². The van der Waals surface area contributed by atoms with E-state index in [-0.39, 0.29) is 6.04 Å². The summed E-state index contributed by atoms with van der Waals surface area (Å²) in [4.78, 5) is 0. The molecule has 1 N–H and O–H groups in total. The predicted octanol–water partition coefficient (Wildman–Crippen LogP) is 1.31. The Hall–Kier alpha value is -1.62. The van der Waals surface area contributed by atoms with Crippen molar-refractivity contribution in [3.05, 3.63) is 35.4 Å². The smallest absolute Gasteiger partial charge is 0.0791 e. The van der Waals surface area contributed by atoms with Crippen molar-refractivity contribution in [2.75, 3.05) is 0 Å². The summed E-state index contributed by atoms with van der Waals surface area (Å²) in [5.74, 6) is 0. The first-order valence-corrected chi connectivity index (χ1v) is 5.78. The van der Waals surface area contributed by atoms with E-state index < -0.39 is 0 Å². The molecule has 92 valence electrons. The Morgan fingerprint density at radius 2 is 2.06 bits per heavy atom. The Balaban J connectivity index is 1.96. The van der Waals surface area contributed by atoms with Crippen LogP contribution in [-0.2, 0) is 20.6 Å². The highest BCUT2D eigenvalue weighted by Gasteiger charge is 2.09. The molecule has 0 aliphatic carbocycles. The van der Waals surface area contributed by atoms with Gasteiger partial charge in [0.1, 0.15) is 0 Å². The molecule has 0 fully saturated rings. The third kappa shape index (κ3) is 2.74. The van der Waals surface area contributed by atoms with Crippen molar-refractivity contribution >= 4 is 0 Å². The Kier molecular flexibility index (Phi) is 3.28. The number of rotatable bonds is 4. The lowest BCUT2D eigenvalue weighted by atomic mass is 10.2. The molecule has 0 aliphatic rings. The summed E-state index contributed by atoms with van der Waals surface area (Å²) in [5.41, 5.74) is 3.37. The van der Waals surface area contributed by atoms with Crippen LogP contribution in [0.3, 0.4) is 0 Å². The molecule has 0 saturated heterocycles. The first kappa shape index (κ1) is 11.9. The quantitative estimate of drug-likeness (QED) is 0.866. The van der Waals surface area contributed by atoms with E-state index in [1.165, 1.54) is 5.56 Å². The van der Waals surface area contributed by atoms with Gasteiger partial charge in [-0.1, -0.05) is 0 Å². The molecule has 2 aromatic heterocycles. The molecule has 0 aliphatic heterocycles. The first-order chi connectivity index (χ1) is 8.06. The van der Waals surface area contributed by atoms with E-state index in [1.54, 1.807) is 0 Å². The van der Waals surface area contributed by atoms with Gasteiger partial charge in [-0.15, -0.1) is 0 Å². The molecule has 1 atom stereocenters. The van der Waals surface area contributed by atoms with Gasteiger partial charge >= 0.3 is 0 Å². The minimum Gasteiger partial charge on any atom is -0.305 e. The lowest BCUT2D eigenvalue weighted by Gasteiger charge is -2.10. The fraction of sp³-hybridized carbons (Fsp3) is 0.500. The normalized spacial score (nSPS) is 12.9. The lowest BCUT2D eigenvalue weighted by molar-refractivity contribution is 0.550. The van der Waals surface area contributed by atoms with Crippen LogP contribution in [0, 0.1) is 6.92 Å². The summed E-state index contributed by atoms with van der Waals surface area (Å²) in [6.45, 7) is 4.97. The SMILES string of the molecule is Cc1nn(C)cc1CNC(C)c1ccn(C)n1. The molecule has 5 heteroatoms. The fourth-order valence-corrected chi connectivity index (χ4v) is 1.85. The highest BCUT2D eigenvalue weighted by atomic mass is 15.3. The van der Waals surface area contributed by atoms with E-state index in [4.69, 9.17) is 0 Å². The van der Waals surface area contributed by atoms with Crippen LogP contribution in [0.2, 0.25) is 0 Å². The molecule has 0 amide bonds. The summed E-state index contributed by atoms with van der Waals surface area (Å²) in [6, 6.07) is 2.28. The van der Waals surface area contributed by atoms with Gasteiger partial charge in [0.15, 0.2) is 0 Å². The summed E-state index contributed by atoms with van der Waals surface area (Å²) in [6.07, 6.45) is 4.01. The van der Waals surface area contributed by atoms with Gasteiger partial charge in [-0.05, 0) is 19.9 Å². The van der Waals surface area contributed by atoms with E-state index in [9.17, 15) is 0 Å². The minimum absolute atomic E-state index is 0.246. The maximum atomic E-state index is 4.38. The van der Waals surface area contributed by atoms with Gasteiger partial charge in [-0.2, -0.15) is 10.2 Å². The van der Waals surface area contributed by atoms with Gasteiger partial charge in [0.05, 0.1) is 11.4 Å². The zero-order chi connectivity index (χ0) is 12.4. The Bertz CT molecular complexity index is 497. The van der Waals surface area contributed by atoms with Gasteiger partial charge in [-0.25, -0.2) is 0 Å². The van der Waals surface area contributed by atoms with Crippen molar-refractivity contribution in [1.82, 2.24) is 24.9 Å². The largest absolute Gasteiger partial charge is 0.305 e. The number of nitrogens with zero attached hydrogens (tertiary/aromatic N) is 4. The number of aromatic nitrogens is 4. The summed E-state index contributed by atoms with van der Waals surface area (Å²) in [7, 11) is 3.88. The average Bonchev–Trinajstić information content (AvgIpc) is 2.82. The van der Waals surface area contributed by atoms with E-state index >= 15 is 0 Å². The van der Waals surface area contributed by atoms with Crippen LogP contribution in [0.5, 0.6) is 0 Å². The second kappa shape index (κ2) is 4.71. The van der Waals surface area contributed by atoms with Gasteiger partial charge in [0.25, 0.3) is 0 Å². The second-order valence-electron chi connectivity index (χ2n) is 4.43. The van der Waals surface area contributed by atoms with Crippen molar-refractivity contribution < 1.29 is 0 Å². The number of hydrogen-bond donors (Lipinski definition) is 1. The van der Waals surface area contributed by atoms with Crippen molar-refractivity contribution in [1.29, 1.82) is 0 Å². The zero-order valence-corrected chi connectivity index (χ0v) is 10.8. The summed E-state index contributed by atoms with van der Waals surface area (Å²) < 4.78 is 3.67. The van der Waals surface area contributed by atoms with Crippen LogP contribution < -0.4 is 5.32 Å². The Morgan fingerprint density at radius 1 is 1.29 bits per heavy atom. The maximum absolute atomic E-state index is 4.38. The lowest BCUT2D eigenvalue weighted by Crippen LogP contribution is -2.18. The molecule has 2 aromatic rings. The second-order valence-corrected chi connectivity index (χ2v) is 4.43. The minimum atomic E-state index is 0.246. The van der Waals surface area contributed by atoms with Crippen LogP contribution in [0.4, 0.5) is 0 Å². The number of aryl methyl sites for hydroxylation is 3. The monoisotopic (exact) mass is 233 g/mol. The Labute approximate surface area is 101 Å². The molecule has 2 rings (SSSR count). The fourth-order valence-electron chi connectivity index (χ4n) is 1.85. The van der Waals surface area contributed by atoms with Gasteiger partial charge in [0.2, 0.25) is 0 Å². The molecule has 0 radical (unpaired) electrons. The molecular weight excluding hydrogens is 214 g/mol. The van der Waals surface area contributed by atoms with Crippen LogP contribution in [-0.4, -0.2) is 19.6 Å². The topological polar surface area (TPSA) is 47.7 Å². The predicted molar refractivity (Wildman–Crippen MR) is 66.4 cm³/mol. The van der Waals surface area contributed by atoms with Crippen LogP contribution in [0.25, 0.3) is 0 Å². The average molecular weight is 233 g/mol. The molecule has 5 nitrogen and oxygen atoms in total. The van der Waals surface area contributed by atoms with Crippen LogP contribution in [0.15, 0.2) is 18.5 Å². The molecule has 1 unspecified atom stereocenters. The number of nitrogens with one attached hydrogen (secondary N) is 1. The van der Waals surface area contributed by atoms with Crippen LogP contribution in [0.1, 0.15) is 29.9 Å². The van der Waals surface area contributed by atoms with Crippen molar-refractivity contribution in [2.45, 2.75) is 26.4 Å². The molecular formula is C12H19N5. The summed E-state index contributed by atoms with van der Waals surface area (Å²) >= 11 is 0. The third-order valence-electron chi connectivity index (χ3n) is 2.89. The highest BCUT2D eigenvalue weighted by molar-refractivity contribution is 5.15. The maximum Gasteiger partial charge on any atom is 0.0791 e. The van der Waals surface area contributed by atoms with Gasteiger partial charge < -0.3 is 5.32 Å². The molecule has 0 bridgehead atoms. The third-order valence-corrected chi connectivity index (χ3v) is 2.89. The molecule has 0 spiro atoms.